The number of anilines is 1. The van der Waals surface area contributed by atoms with Crippen LogP contribution in [-0.4, -0.2) is 37.4 Å². The van der Waals surface area contributed by atoms with Crippen molar-refractivity contribution in [3.63, 3.8) is 0 Å². The molecule has 1 heterocycles. The molecule has 3 aromatic carbocycles. The molecule has 2 N–H and O–H groups in total. The third kappa shape index (κ3) is 4.13. The van der Waals surface area contributed by atoms with Gasteiger partial charge in [-0.15, -0.1) is 0 Å². The van der Waals surface area contributed by atoms with Gasteiger partial charge in [-0.25, -0.2) is 17.2 Å². The van der Waals surface area contributed by atoms with E-state index in [0.29, 0.717) is 24.7 Å². The fraction of sp³-hybridized carbons (Fsp3) is 0.136. The van der Waals surface area contributed by atoms with Crippen molar-refractivity contribution < 1.29 is 27.1 Å². The minimum Gasteiger partial charge on any atom is -0.505 e. The van der Waals surface area contributed by atoms with E-state index >= 15 is 0 Å². The van der Waals surface area contributed by atoms with Crippen LogP contribution in [0.4, 0.5) is 14.5 Å². The Hall–Kier alpha value is -3.17. The number of aromatic hydroxyl groups is 1. The summed E-state index contributed by atoms with van der Waals surface area (Å²) >= 11 is 5.96. The van der Waals surface area contributed by atoms with Crippen LogP contribution in [0.15, 0.2) is 59.5 Å². The van der Waals surface area contributed by atoms with Crippen molar-refractivity contribution in [1.29, 1.82) is 0 Å². The van der Waals surface area contributed by atoms with E-state index in [9.17, 15) is 27.1 Å². The zero-order chi connectivity index (χ0) is 23.0. The van der Waals surface area contributed by atoms with Crippen LogP contribution in [-0.2, 0) is 10.0 Å². The number of nitrogens with zero attached hydrogens (tertiary/aromatic N) is 1. The van der Waals surface area contributed by atoms with Crippen LogP contribution in [0, 0.1) is 11.6 Å². The monoisotopic (exact) mass is 478 g/mol. The lowest BCUT2D eigenvalue weighted by Gasteiger charge is -2.31. The molecule has 1 fully saturated rings. The zero-order valence-corrected chi connectivity index (χ0v) is 18.1. The summed E-state index contributed by atoms with van der Waals surface area (Å²) < 4.78 is 56.7. The molecule has 0 bridgehead atoms. The summed E-state index contributed by atoms with van der Waals surface area (Å²) in [5, 5.41) is 9.90. The Bertz CT molecular complexity index is 1310. The second kappa shape index (κ2) is 8.40. The molecule has 1 aliphatic rings. The van der Waals surface area contributed by atoms with E-state index in [1.54, 1.807) is 30.3 Å². The van der Waals surface area contributed by atoms with Gasteiger partial charge in [-0.05, 0) is 30.2 Å². The molecule has 6 nitrogen and oxygen atoms in total. The van der Waals surface area contributed by atoms with Gasteiger partial charge >= 0.3 is 0 Å². The number of rotatable bonds is 5. The number of halogens is 3. The van der Waals surface area contributed by atoms with Gasteiger partial charge in [0, 0.05) is 30.3 Å². The van der Waals surface area contributed by atoms with Gasteiger partial charge in [0.15, 0.2) is 5.75 Å². The summed E-state index contributed by atoms with van der Waals surface area (Å²) in [6, 6.07) is 11.9. The molecule has 1 saturated heterocycles. The van der Waals surface area contributed by atoms with E-state index in [4.69, 9.17) is 11.6 Å². The Balaban J connectivity index is 1.74. The van der Waals surface area contributed by atoms with Crippen molar-refractivity contribution in [3.05, 3.63) is 76.8 Å². The Morgan fingerprint density at radius 3 is 2.34 bits per heavy atom. The van der Waals surface area contributed by atoms with Gasteiger partial charge in [0.1, 0.15) is 16.5 Å². The van der Waals surface area contributed by atoms with Crippen molar-refractivity contribution in [2.45, 2.75) is 11.3 Å². The first-order valence-electron chi connectivity index (χ1n) is 9.56. The molecule has 0 saturated carbocycles. The number of sulfonamides is 1. The first-order valence-corrected chi connectivity index (χ1v) is 11.4. The van der Waals surface area contributed by atoms with Gasteiger partial charge in [-0.1, -0.05) is 41.9 Å². The summed E-state index contributed by atoms with van der Waals surface area (Å²) in [6.07, 6.45) is 0.831. The molecule has 32 heavy (non-hydrogen) atoms. The lowest BCUT2D eigenvalue weighted by atomic mass is 10.0. The quantitative estimate of drug-likeness (QED) is 0.559. The highest BCUT2D eigenvalue weighted by Crippen LogP contribution is 2.35. The molecule has 166 valence electrons. The fourth-order valence-electron chi connectivity index (χ4n) is 3.27. The van der Waals surface area contributed by atoms with Gasteiger partial charge in [0.2, 0.25) is 0 Å². The maximum Gasteiger partial charge on any atom is 0.265 e. The first-order chi connectivity index (χ1) is 15.2. The lowest BCUT2D eigenvalue weighted by Crippen LogP contribution is -2.42. The molecule has 0 radical (unpaired) electrons. The van der Waals surface area contributed by atoms with Crippen molar-refractivity contribution in [2.24, 2.45) is 0 Å². The average molecular weight is 479 g/mol. The standard InChI is InChI=1S/C22H17ClF2N2O4S/c23-16-9-14(22(29)27-7-4-8-27)10-20(21(16)28)32(30,31)26-19-11-15(17(24)12-18(19)25)13-5-2-1-3-6-13/h1-3,5-6,9-12,26,28H,4,7-8H2. The highest BCUT2D eigenvalue weighted by atomic mass is 35.5. The minimum absolute atomic E-state index is 0.0198. The largest absolute Gasteiger partial charge is 0.505 e. The molecule has 0 atom stereocenters. The summed E-state index contributed by atoms with van der Waals surface area (Å²) in [4.78, 5) is 13.3. The van der Waals surface area contributed by atoms with E-state index in [0.717, 1.165) is 18.6 Å². The normalized spacial score (nSPS) is 13.5. The maximum absolute atomic E-state index is 14.4. The number of phenols is 1. The van der Waals surface area contributed by atoms with Gasteiger partial charge in [-0.3, -0.25) is 9.52 Å². The molecule has 0 aromatic heterocycles. The third-order valence-electron chi connectivity index (χ3n) is 5.09. The number of phenolic OH excluding ortho intramolecular Hbond substituents is 1. The molecule has 10 heteroatoms. The molecule has 1 amide bonds. The average Bonchev–Trinajstić information content (AvgIpc) is 2.71. The molecule has 0 aliphatic carbocycles. The highest BCUT2D eigenvalue weighted by Gasteiger charge is 2.28. The number of carbonyl (C=O) groups excluding carboxylic acids is 1. The summed E-state index contributed by atoms with van der Waals surface area (Å²) in [5.74, 6) is -3.24. The molecular weight excluding hydrogens is 462 g/mol. The number of carbonyl (C=O) groups is 1. The second-order valence-corrected chi connectivity index (χ2v) is 9.29. The van der Waals surface area contributed by atoms with Crippen molar-refractivity contribution >= 4 is 33.2 Å². The first kappa shape index (κ1) is 22.0. The van der Waals surface area contributed by atoms with Crippen LogP contribution in [0.5, 0.6) is 5.75 Å². The summed E-state index contributed by atoms with van der Waals surface area (Å²) in [7, 11) is -4.59. The number of hydrogen-bond acceptors (Lipinski definition) is 4. The molecule has 0 spiro atoms. The van der Waals surface area contributed by atoms with Crippen LogP contribution in [0.3, 0.4) is 0 Å². The Labute approximate surface area is 188 Å². The molecule has 1 aliphatic heterocycles. The SMILES string of the molecule is O=C(c1cc(Cl)c(O)c(S(=O)(=O)Nc2cc(-c3ccccc3)c(F)cc2F)c1)N1CCC1. The van der Waals surface area contributed by atoms with E-state index in [1.165, 1.54) is 11.0 Å². The van der Waals surface area contributed by atoms with E-state index in [-0.39, 0.29) is 16.1 Å². The topological polar surface area (TPSA) is 86.7 Å². The Kier molecular flexibility index (Phi) is 5.79. The van der Waals surface area contributed by atoms with E-state index < -0.39 is 43.9 Å². The highest BCUT2D eigenvalue weighted by molar-refractivity contribution is 7.92. The van der Waals surface area contributed by atoms with Crippen LogP contribution >= 0.6 is 11.6 Å². The maximum atomic E-state index is 14.4. The van der Waals surface area contributed by atoms with Crippen molar-refractivity contribution in [3.8, 4) is 16.9 Å². The molecule has 4 rings (SSSR count). The minimum atomic E-state index is -4.59. The van der Waals surface area contributed by atoms with Crippen LogP contribution in [0.2, 0.25) is 5.02 Å². The van der Waals surface area contributed by atoms with Crippen molar-refractivity contribution in [2.75, 3.05) is 17.8 Å². The van der Waals surface area contributed by atoms with Gasteiger partial charge in [-0.2, -0.15) is 0 Å². The predicted octanol–water partition coefficient (Wildman–Crippen LogP) is 4.64. The molecule has 0 unspecified atom stereocenters. The number of amides is 1. The van der Waals surface area contributed by atoms with Crippen LogP contribution in [0.1, 0.15) is 16.8 Å². The molecule has 3 aromatic rings. The second-order valence-electron chi connectivity index (χ2n) is 7.23. The van der Waals surface area contributed by atoms with Crippen LogP contribution < -0.4 is 4.72 Å². The van der Waals surface area contributed by atoms with E-state index in [2.05, 4.69) is 0 Å². The fourth-order valence-corrected chi connectivity index (χ4v) is 4.75. The smallest absolute Gasteiger partial charge is 0.265 e. The van der Waals surface area contributed by atoms with E-state index in [1.807, 2.05) is 4.72 Å². The Morgan fingerprint density at radius 2 is 1.72 bits per heavy atom. The van der Waals surface area contributed by atoms with Crippen LogP contribution in [0.25, 0.3) is 11.1 Å². The zero-order valence-electron chi connectivity index (χ0n) is 16.5. The third-order valence-corrected chi connectivity index (χ3v) is 6.76. The number of likely N-dealkylation sites (tertiary alicyclic amines) is 1. The predicted molar refractivity (Wildman–Crippen MR) is 116 cm³/mol. The lowest BCUT2D eigenvalue weighted by molar-refractivity contribution is 0.0651. The summed E-state index contributed by atoms with van der Waals surface area (Å²) in [5.41, 5.74) is -0.162. The van der Waals surface area contributed by atoms with Crippen molar-refractivity contribution in [1.82, 2.24) is 4.90 Å². The van der Waals surface area contributed by atoms with Gasteiger partial charge in [0.05, 0.1) is 10.7 Å². The van der Waals surface area contributed by atoms with Gasteiger partial charge < -0.3 is 10.0 Å². The number of nitrogens with one attached hydrogen (secondary N) is 1. The number of hydrogen-bond donors (Lipinski definition) is 2. The molecular formula is C22H17ClF2N2O4S. The number of benzene rings is 3. The summed E-state index contributed by atoms with van der Waals surface area (Å²) in [6.45, 7) is 1.06. The van der Waals surface area contributed by atoms with Gasteiger partial charge in [0.25, 0.3) is 15.9 Å². The Morgan fingerprint density at radius 1 is 1.03 bits per heavy atom.